The topological polar surface area (TPSA) is 46.2 Å². The van der Waals surface area contributed by atoms with E-state index in [0.29, 0.717) is 0 Å². The van der Waals surface area contributed by atoms with Crippen molar-refractivity contribution in [1.29, 1.82) is 0 Å². The van der Waals surface area contributed by atoms with E-state index < -0.39 is 10.0 Å². The van der Waals surface area contributed by atoms with Gasteiger partial charge in [-0.1, -0.05) is 60.5 Å². The van der Waals surface area contributed by atoms with Gasteiger partial charge in [0.25, 0.3) is 0 Å². The van der Waals surface area contributed by atoms with E-state index >= 15 is 0 Å². The quantitative estimate of drug-likeness (QED) is 0.809. The highest BCUT2D eigenvalue weighted by molar-refractivity contribution is 7.89. The summed E-state index contributed by atoms with van der Waals surface area (Å²) in [7, 11) is -3.59. The smallest absolute Gasteiger partial charge is 0.207 e. The molecule has 0 saturated carbocycles. The number of sulfonamides is 1. The third kappa shape index (κ3) is 4.30. The van der Waals surface area contributed by atoms with E-state index in [-0.39, 0.29) is 16.9 Å². The van der Waals surface area contributed by atoms with Crippen LogP contribution in [0.5, 0.6) is 0 Å². The molecule has 0 heterocycles. The van der Waals surface area contributed by atoms with Crippen molar-refractivity contribution in [2.24, 2.45) is 5.92 Å². The van der Waals surface area contributed by atoms with Gasteiger partial charge < -0.3 is 0 Å². The van der Waals surface area contributed by atoms with Crippen molar-refractivity contribution < 1.29 is 8.42 Å². The minimum Gasteiger partial charge on any atom is -0.207 e. The molecule has 2 aromatic rings. The maximum Gasteiger partial charge on any atom is 0.241 e. The summed E-state index contributed by atoms with van der Waals surface area (Å²) in [5.41, 5.74) is 3.09. The van der Waals surface area contributed by atoms with Crippen LogP contribution in [0.2, 0.25) is 0 Å². The fourth-order valence-corrected chi connectivity index (χ4v) is 3.66. The van der Waals surface area contributed by atoms with Gasteiger partial charge in [-0.05, 0) is 37.5 Å². The monoisotopic (exact) mass is 329 g/mol. The van der Waals surface area contributed by atoms with Gasteiger partial charge in [0.15, 0.2) is 0 Å². The standard InChI is InChI=1S/C19H23NO2S/c1-5-16(4)19(17-10-6-14(2)7-11-17)20-23(21,22)18-12-8-15(3)9-13-18/h5-13,16,19-20H,1H2,2-4H3/t16-,19-/m1/s1. The fraction of sp³-hybridized carbons (Fsp3) is 0.263. The molecule has 0 aliphatic rings. The first-order chi connectivity index (χ1) is 10.8. The van der Waals surface area contributed by atoms with Crippen LogP contribution in [0.1, 0.15) is 29.7 Å². The second-order valence-corrected chi connectivity index (χ2v) is 7.63. The Kier molecular flexibility index (Phi) is 5.39. The Morgan fingerprint density at radius 3 is 1.91 bits per heavy atom. The van der Waals surface area contributed by atoms with E-state index in [1.807, 2.05) is 45.0 Å². The van der Waals surface area contributed by atoms with Gasteiger partial charge in [0.2, 0.25) is 10.0 Å². The highest BCUT2D eigenvalue weighted by Crippen LogP contribution is 2.25. The van der Waals surface area contributed by atoms with Crippen molar-refractivity contribution >= 4 is 10.0 Å². The molecule has 0 aromatic heterocycles. The zero-order valence-electron chi connectivity index (χ0n) is 13.8. The van der Waals surface area contributed by atoms with Crippen LogP contribution in [-0.2, 0) is 10.0 Å². The van der Waals surface area contributed by atoms with E-state index in [9.17, 15) is 8.42 Å². The third-order valence-corrected chi connectivity index (χ3v) is 5.40. The summed E-state index contributed by atoms with van der Waals surface area (Å²) >= 11 is 0. The largest absolute Gasteiger partial charge is 0.241 e. The van der Waals surface area contributed by atoms with E-state index in [1.165, 1.54) is 0 Å². The van der Waals surface area contributed by atoms with Crippen molar-refractivity contribution in [1.82, 2.24) is 4.72 Å². The second kappa shape index (κ2) is 7.11. The van der Waals surface area contributed by atoms with Crippen LogP contribution in [0.15, 0.2) is 66.1 Å². The van der Waals surface area contributed by atoms with Crippen molar-refractivity contribution in [3.63, 3.8) is 0 Å². The molecule has 0 fully saturated rings. The average molecular weight is 329 g/mol. The third-order valence-electron chi connectivity index (χ3n) is 3.95. The van der Waals surface area contributed by atoms with Gasteiger partial charge in [-0.25, -0.2) is 13.1 Å². The van der Waals surface area contributed by atoms with Gasteiger partial charge in [-0.2, -0.15) is 0 Å². The Balaban J connectivity index is 2.35. The second-order valence-electron chi connectivity index (χ2n) is 5.92. The van der Waals surface area contributed by atoms with Gasteiger partial charge in [0, 0.05) is 0 Å². The Labute approximate surface area is 139 Å². The number of nitrogens with one attached hydrogen (secondary N) is 1. The molecular weight excluding hydrogens is 306 g/mol. The molecule has 0 unspecified atom stereocenters. The van der Waals surface area contributed by atoms with E-state index in [2.05, 4.69) is 11.3 Å². The SMILES string of the molecule is C=C[C@@H](C)[C@@H](NS(=O)(=O)c1ccc(C)cc1)c1ccc(C)cc1. The minimum absolute atomic E-state index is 0.0297. The molecule has 0 amide bonds. The maximum absolute atomic E-state index is 12.7. The van der Waals surface area contributed by atoms with E-state index in [0.717, 1.165) is 16.7 Å². The van der Waals surface area contributed by atoms with Crippen molar-refractivity contribution in [3.05, 3.63) is 77.9 Å². The Hall–Kier alpha value is -1.91. The predicted molar refractivity (Wildman–Crippen MR) is 94.8 cm³/mol. The molecule has 3 nitrogen and oxygen atoms in total. The predicted octanol–water partition coefficient (Wildman–Crippen LogP) is 4.15. The number of benzene rings is 2. The van der Waals surface area contributed by atoms with E-state index in [4.69, 9.17) is 0 Å². The lowest BCUT2D eigenvalue weighted by Gasteiger charge is -2.23. The molecule has 1 N–H and O–H groups in total. The van der Waals surface area contributed by atoms with Crippen molar-refractivity contribution in [3.8, 4) is 0 Å². The van der Waals surface area contributed by atoms with Crippen LogP contribution in [0, 0.1) is 19.8 Å². The summed E-state index contributed by atoms with van der Waals surface area (Å²) in [6.07, 6.45) is 1.77. The summed E-state index contributed by atoms with van der Waals surface area (Å²) in [6.45, 7) is 9.69. The Bertz CT molecular complexity index is 762. The molecule has 0 bridgehead atoms. The summed E-state index contributed by atoms with van der Waals surface area (Å²) in [5.74, 6) is -0.0297. The van der Waals surface area contributed by atoms with Crippen LogP contribution >= 0.6 is 0 Å². The fourth-order valence-electron chi connectivity index (χ4n) is 2.34. The molecule has 0 radical (unpaired) electrons. The van der Waals surface area contributed by atoms with Gasteiger partial charge >= 0.3 is 0 Å². The van der Waals surface area contributed by atoms with Gasteiger partial charge in [0.1, 0.15) is 0 Å². The molecule has 2 atom stereocenters. The van der Waals surface area contributed by atoms with Crippen LogP contribution in [-0.4, -0.2) is 8.42 Å². The molecule has 0 saturated heterocycles. The number of hydrogen-bond acceptors (Lipinski definition) is 2. The zero-order valence-corrected chi connectivity index (χ0v) is 14.6. The van der Waals surface area contributed by atoms with Crippen LogP contribution < -0.4 is 4.72 Å². The summed E-state index contributed by atoms with van der Waals surface area (Å²) < 4.78 is 28.2. The van der Waals surface area contributed by atoms with Crippen LogP contribution in [0.3, 0.4) is 0 Å². The molecular formula is C19H23NO2S. The molecule has 0 spiro atoms. The molecule has 4 heteroatoms. The number of rotatable bonds is 6. The van der Waals surface area contributed by atoms with Crippen LogP contribution in [0.25, 0.3) is 0 Å². The highest BCUT2D eigenvalue weighted by Gasteiger charge is 2.24. The molecule has 0 aliphatic carbocycles. The number of hydrogen-bond donors (Lipinski definition) is 1. The first kappa shape index (κ1) is 17.4. The number of aryl methyl sites for hydroxylation is 2. The molecule has 23 heavy (non-hydrogen) atoms. The van der Waals surface area contributed by atoms with Crippen LogP contribution in [0.4, 0.5) is 0 Å². The lowest BCUT2D eigenvalue weighted by atomic mass is 9.95. The highest BCUT2D eigenvalue weighted by atomic mass is 32.2. The molecule has 0 aliphatic heterocycles. The first-order valence-electron chi connectivity index (χ1n) is 7.61. The van der Waals surface area contributed by atoms with Crippen molar-refractivity contribution in [2.45, 2.75) is 31.7 Å². The van der Waals surface area contributed by atoms with Gasteiger partial charge in [-0.3, -0.25) is 0 Å². The Morgan fingerprint density at radius 2 is 1.43 bits per heavy atom. The maximum atomic E-state index is 12.7. The minimum atomic E-state index is -3.59. The lowest BCUT2D eigenvalue weighted by Crippen LogP contribution is -2.32. The molecule has 2 rings (SSSR count). The summed E-state index contributed by atoms with van der Waals surface area (Å²) in [5, 5.41) is 0. The average Bonchev–Trinajstić information content (AvgIpc) is 2.53. The van der Waals surface area contributed by atoms with E-state index in [1.54, 1.807) is 30.3 Å². The zero-order chi connectivity index (χ0) is 17.0. The van der Waals surface area contributed by atoms with Gasteiger partial charge in [-0.15, -0.1) is 6.58 Å². The molecule has 122 valence electrons. The summed E-state index contributed by atoms with van der Waals surface area (Å²) in [6, 6.07) is 14.4. The molecule has 2 aromatic carbocycles. The lowest BCUT2D eigenvalue weighted by molar-refractivity contribution is 0.498. The van der Waals surface area contributed by atoms with Crippen molar-refractivity contribution in [2.75, 3.05) is 0 Å². The Morgan fingerprint density at radius 1 is 0.957 bits per heavy atom. The van der Waals surface area contributed by atoms with Gasteiger partial charge in [0.05, 0.1) is 10.9 Å². The normalized spacial score (nSPS) is 14.2. The summed E-state index contributed by atoms with van der Waals surface area (Å²) in [4.78, 5) is 0.275. The first-order valence-corrected chi connectivity index (χ1v) is 9.10.